The van der Waals surface area contributed by atoms with E-state index in [4.69, 9.17) is 11.6 Å². The van der Waals surface area contributed by atoms with Gasteiger partial charge in [-0.2, -0.15) is 5.10 Å². The number of hydrazone groups is 1. The third-order valence-electron chi connectivity index (χ3n) is 3.64. The molecule has 0 atom stereocenters. The number of hydrogen-bond donors (Lipinski definition) is 1. The third-order valence-corrected chi connectivity index (χ3v) is 3.94. The molecule has 120 valence electrons. The van der Waals surface area contributed by atoms with Crippen LogP contribution in [0.2, 0.25) is 5.15 Å². The van der Waals surface area contributed by atoms with Crippen LogP contribution in [0, 0.1) is 13.8 Å². The SMILES string of the molecule is Cc1ccc(C(=O)N/N=C\c2cc3ccc(C)cc3nc2Cl)cc1. The molecule has 0 fully saturated rings. The predicted octanol–water partition coefficient (Wildman–Crippen LogP) is 4.27. The molecule has 4 nitrogen and oxygen atoms in total. The van der Waals surface area contributed by atoms with Crippen LogP contribution >= 0.6 is 11.6 Å². The van der Waals surface area contributed by atoms with Gasteiger partial charge in [-0.15, -0.1) is 0 Å². The molecule has 0 aliphatic heterocycles. The Labute approximate surface area is 145 Å². The number of aromatic nitrogens is 1. The van der Waals surface area contributed by atoms with Crippen LogP contribution in [-0.4, -0.2) is 17.1 Å². The van der Waals surface area contributed by atoms with E-state index in [0.717, 1.165) is 22.0 Å². The molecule has 24 heavy (non-hydrogen) atoms. The molecule has 0 saturated carbocycles. The molecule has 0 spiro atoms. The van der Waals surface area contributed by atoms with Gasteiger partial charge in [-0.3, -0.25) is 4.79 Å². The van der Waals surface area contributed by atoms with Crippen molar-refractivity contribution in [1.29, 1.82) is 0 Å². The molecule has 1 amide bonds. The molecular weight excluding hydrogens is 322 g/mol. The van der Waals surface area contributed by atoms with Gasteiger partial charge in [0.25, 0.3) is 5.91 Å². The number of carbonyl (C=O) groups excluding carboxylic acids is 1. The second kappa shape index (κ2) is 6.81. The highest BCUT2D eigenvalue weighted by Gasteiger charge is 2.05. The number of halogens is 1. The number of pyridine rings is 1. The Balaban J connectivity index is 1.77. The summed E-state index contributed by atoms with van der Waals surface area (Å²) >= 11 is 6.19. The Morgan fingerprint density at radius 3 is 2.54 bits per heavy atom. The van der Waals surface area contributed by atoms with E-state index in [9.17, 15) is 4.79 Å². The van der Waals surface area contributed by atoms with E-state index in [1.54, 1.807) is 12.1 Å². The highest BCUT2D eigenvalue weighted by molar-refractivity contribution is 6.32. The van der Waals surface area contributed by atoms with Crippen LogP contribution in [0.5, 0.6) is 0 Å². The first-order valence-corrected chi connectivity index (χ1v) is 7.88. The summed E-state index contributed by atoms with van der Waals surface area (Å²) in [5, 5.41) is 5.29. The molecule has 3 rings (SSSR count). The monoisotopic (exact) mass is 337 g/mol. The van der Waals surface area contributed by atoms with E-state index in [1.165, 1.54) is 6.21 Å². The van der Waals surface area contributed by atoms with Gasteiger partial charge in [0.1, 0.15) is 5.15 Å². The van der Waals surface area contributed by atoms with E-state index in [0.29, 0.717) is 16.3 Å². The zero-order valence-electron chi connectivity index (χ0n) is 13.4. The van der Waals surface area contributed by atoms with Crippen LogP contribution < -0.4 is 5.43 Å². The van der Waals surface area contributed by atoms with Gasteiger partial charge in [-0.1, -0.05) is 41.4 Å². The van der Waals surface area contributed by atoms with Crippen molar-refractivity contribution in [3.05, 3.63) is 75.9 Å². The lowest BCUT2D eigenvalue weighted by Gasteiger charge is -2.03. The number of benzene rings is 2. The first-order chi connectivity index (χ1) is 11.5. The van der Waals surface area contributed by atoms with E-state index in [-0.39, 0.29) is 5.91 Å². The fraction of sp³-hybridized carbons (Fsp3) is 0.105. The summed E-state index contributed by atoms with van der Waals surface area (Å²) in [5.41, 5.74) is 6.75. The van der Waals surface area contributed by atoms with Crippen molar-refractivity contribution in [2.45, 2.75) is 13.8 Å². The van der Waals surface area contributed by atoms with Crippen molar-refractivity contribution < 1.29 is 4.79 Å². The normalized spacial score (nSPS) is 11.1. The Bertz CT molecular complexity index is 933. The number of nitrogens with one attached hydrogen (secondary N) is 1. The Morgan fingerprint density at radius 1 is 1.08 bits per heavy atom. The van der Waals surface area contributed by atoms with Gasteiger partial charge in [0.15, 0.2) is 0 Å². The lowest BCUT2D eigenvalue weighted by molar-refractivity contribution is 0.0955. The van der Waals surface area contributed by atoms with Crippen LogP contribution in [0.25, 0.3) is 10.9 Å². The lowest BCUT2D eigenvalue weighted by Crippen LogP contribution is -2.17. The lowest BCUT2D eigenvalue weighted by atomic mass is 10.1. The van der Waals surface area contributed by atoms with Crippen molar-refractivity contribution in [3.8, 4) is 0 Å². The van der Waals surface area contributed by atoms with E-state index in [2.05, 4.69) is 15.5 Å². The van der Waals surface area contributed by atoms with Crippen molar-refractivity contribution in [1.82, 2.24) is 10.4 Å². The van der Waals surface area contributed by atoms with Gasteiger partial charge in [0.2, 0.25) is 0 Å². The summed E-state index contributed by atoms with van der Waals surface area (Å²) in [6.45, 7) is 3.97. The Kier molecular flexibility index (Phi) is 4.58. The fourth-order valence-electron chi connectivity index (χ4n) is 2.29. The minimum Gasteiger partial charge on any atom is -0.267 e. The van der Waals surface area contributed by atoms with Crippen LogP contribution in [-0.2, 0) is 0 Å². The highest BCUT2D eigenvalue weighted by atomic mass is 35.5. The number of carbonyl (C=O) groups is 1. The van der Waals surface area contributed by atoms with Crippen LogP contribution in [0.3, 0.4) is 0 Å². The number of nitrogens with zero attached hydrogens (tertiary/aromatic N) is 2. The molecule has 0 unspecified atom stereocenters. The fourth-order valence-corrected chi connectivity index (χ4v) is 2.48. The second-order valence-electron chi connectivity index (χ2n) is 5.63. The van der Waals surface area contributed by atoms with Gasteiger partial charge in [0.05, 0.1) is 11.7 Å². The minimum atomic E-state index is -0.272. The van der Waals surface area contributed by atoms with Crippen LogP contribution in [0.4, 0.5) is 0 Å². The van der Waals surface area contributed by atoms with Crippen molar-refractivity contribution in [2.24, 2.45) is 5.10 Å². The summed E-state index contributed by atoms with van der Waals surface area (Å²) in [6.07, 6.45) is 1.50. The Hall–Kier alpha value is -2.72. The maximum Gasteiger partial charge on any atom is 0.271 e. The van der Waals surface area contributed by atoms with Gasteiger partial charge >= 0.3 is 0 Å². The molecule has 3 aromatic rings. The van der Waals surface area contributed by atoms with Crippen molar-refractivity contribution in [3.63, 3.8) is 0 Å². The summed E-state index contributed by atoms with van der Waals surface area (Å²) in [5.74, 6) is -0.272. The molecule has 0 saturated heterocycles. The van der Waals surface area contributed by atoms with Gasteiger partial charge < -0.3 is 0 Å². The zero-order valence-corrected chi connectivity index (χ0v) is 14.1. The first-order valence-electron chi connectivity index (χ1n) is 7.50. The summed E-state index contributed by atoms with van der Waals surface area (Å²) < 4.78 is 0. The third kappa shape index (κ3) is 3.60. The highest BCUT2D eigenvalue weighted by Crippen LogP contribution is 2.20. The van der Waals surface area contributed by atoms with Crippen molar-refractivity contribution >= 4 is 34.6 Å². The Morgan fingerprint density at radius 2 is 1.79 bits per heavy atom. The number of hydrogen-bond acceptors (Lipinski definition) is 3. The molecule has 2 aromatic carbocycles. The van der Waals surface area contributed by atoms with Gasteiger partial charge in [-0.05, 0) is 43.7 Å². The molecule has 5 heteroatoms. The van der Waals surface area contributed by atoms with E-state index < -0.39 is 0 Å². The predicted molar refractivity (Wildman–Crippen MR) is 97.7 cm³/mol. The maximum absolute atomic E-state index is 12.0. The topological polar surface area (TPSA) is 54.4 Å². The molecule has 0 aliphatic carbocycles. The zero-order chi connectivity index (χ0) is 17.1. The minimum absolute atomic E-state index is 0.272. The number of amides is 1. The quantitative estimate of drug-likeness (QED) is 0.441. The smallest absolute Gasteiger partial charge is 0.267 e. The average Bonchev–Trinajstić information content (AvgIpc) is 2.56. The van der Waals surface area contributed by atoms with Gasteiger partial charge in [0, 0.05) is 16.5 Å². The molecule has 0 bridgehead atoms. The molecule has 1 heterocycles. The van der Waals surface area contributed by atoms with Crippen LogP contribution in [0.1, 0.15) is 27.0 Å². The maximum atomic E-state index is 12.0. The van der Waals surface area contributed by atoms with E-state index >= 15 is 0 Å². The first kappa shape index (κ1) is 16.1. The number of rotatable bonds is 3. The van der Waals surface area contributed by atoms with E-state index in [1.807, 2.05) is 50.2 Å². The largest absolute Gasteiger partial charge is 0.271 e. The summed E-state index contributed by atoms with van der Waals surface area (Å²) in [7, 11) is 0. The standard InChI is InChI=1S/C19H16ClN3O/c1-12-3-6-14(7-4-12)19(24)23-21-11-16-10-15-8-5-13(2)9-17(15)22-18(16)20/h3-11H,1-2H3,(H,23,24)/b21-11-. The molecular formula is C19H16ClN3O. The number of fused-ring (bicyclic) bond motifs is 1. The average molecular weight is 338 g/mol. The second-order valence-corrected chi connectivity index (χ2v) is 5.99. The van der Waals surface area contributed by atoms with Crippen molar-refractivity contribution in [2.75, 3.05) is 0 Å². The summed E-state index contributed by atoms with van der Waals surface area (Å²) in [4.78, 5) is 16.4. The van der Waals surface area contributed by atoms with Gasteiger partial charge in [-0.25, -0.2) is 10.4 Å². The molecule has 0 aliphatic rings. The summed E-state index contributed by atoms with van der Waals surface area (Å²) in [6, 6.07) is 15.1. The molecule has 1 N–H and O–H groups in total. The molecule has 1 aromatic heterocycles. The van der Waals surface area contributed by atoms with Crippen LogP contribution in [0.15, 0.2) is 53.6 Å². The number of aryl methyl sites for hydroxylation is 2. The molecule has 0 radical (unpaired) electrons.